The van der Waals surface area contributed by atoms with Crippen molar-refractivity contribution in [2.45, 2.75) is 25.2 Å². The fraction of sp³-hybridized carbons (Fsp3) is 0.364. The van der Waals surface area contributed by atoms with Gasteiger partial charge < -0.3 is 0 Å². The first-order chi connectivity index (χ1) is 7.83. The van der Waals surface area contributed by atoms with Gasteiger partial charge in [0.1, 0.15) is 11.6 Å². The van der Waals surface area contributed by atoms with E-state index in [-0.39, 0.29) is 23.6 Å². The molecule has 17 heavy (non-hydrogen) atoms. The van der Waals surface area contributed by atoms with Crippen LogP contribution in [-0.2, 0) is 14.8 Å². The lowest BCUT2D eigenvalue weighted by Gasteiger charge is -2.08. The minimum atomic E-state index is -3.67. The number of halogens is 1. The molecular formula is C11H14FNO3S. The first-order valence-electron chi connectivity index (χ1n) is 5.08. The second-order valence-electron chi connectivity index (χ2n) is 3.76. The van der Waals surface area contributed by atoms with Crippen molar-refractivity contribution in [3.63, 3.8) is 0 Å². The Labute approximate surface area is 99.9 Å². The topological polar surface area (TPSA) is 63.2 Å². The number of rotatable bonds is 5. The SMILES string of the molecule is CC(=O)CCNS(=O)(=O)c1ccc(F)cc1C. The van der Waals surface area contributed by atoms with Crippen molar-refractivity contribution in [2.75, 3.05) is 6.54 Å². The highest BCUT2D eigenvalue weighted by atomic mass is 32.2. The minimum Gasteiger partial charge on any atom is -0.300 e. The van der Waals surface area contributed by atoms with E-state index in [1.807, 2.05) is 0 Å². The summed E-state index contributed by atoms with van der Waals surface area (Å²) in [6.07, 6.45) is 0.138. The smallest absolute Gasteiger partial charge is 0.240 e. The van der Waals surface area contributed by atoms with Crippen LogP contribution in [-0.4, -0.2) is 20.7 Å². The zero-order valence-electron chi connectivity index (χ0n) is 9.66. The van der Waals surface area contributed by atoms with Crippen molar-refractivity contribution in [2.24, 2.45) is 0 Å². The molecule has 0 saturated heterocycles. The number of sulfonamides is 1. The van der Waals surface area contributed by atoms with Gasteiger partial charge in [-0.2, -0.15) is 0 Å². The van der Waals surface area contributed by atoms with E-state index in [1.54, 1.807) is 0 Å². The number of aryl methyl sites for hydroxylation is 1. The van der Waals surface area contributed by atoms with E-state index >= 15 is 0 Å². The summed E-state index contributed by atoms with van der Waals surface area (Å²) in [4.78, 5) is 10.7. The summed E-state index contributed by atoms with van der Waals surface area (Å²) in [5.74, 6) is -0.575. The molecular weight excluding hydrogens is 245 g/mol. The van der Waals surface area contributed by atoms with Crippen LogP contribution in [0.15, 0.2) is 23.1 Å². The van der Waals surface area contributed by atoms with Crippen molar-refractivity contribution >= 4 is 15.8 Å². The second kappa shape index (κ2) is 5.37. The quantitative estimate of drug-likeness (QED) is 0.869. The van der Waals surface area contributed by atoms with E-state index in [1.165, 1.54) is 19.9 Å². The molecule has 0 fully saturated rings. The lowest BCUT2D eigenvalue weighted by molar-refractivity contribution is -0.116. The van der Waals surface area contributed by atoms with E-state index < -0.39 is 15.8 Å². The van der Waals surface area contributed by atoms with Crippen molar-refractivity contribution in [1.29, 1.82) is 0 Å². The predicted octanol–water partition coefficient (Wildman–Crippen LogP) is 1.39. The summed E-state index contributed by atoms with van der Waals surface area (Å²) in [6.45, 7) is 2.95. The van der Waals surface area contributed by atoms with Crippen molar-refractivity contribution < 1.29 is 17.6 Å². The zero-order chi connectivity index (χ0) is 13.1. The Morgan fingerprint density at radius 1 is 1.41 bits per heavy atom. The third-order valence-electron chi connectivity index (χ3n) is 2.20. The summed E-state index contributed by atoms with van der Waals surface area (Å²) in [5.41, 5.74) is 0.334. The molecule has 0 aromatic heterocycles. The van der Waals surface area contributed by atoms with Gasteiger partial charge in [0.15, 0.2) is 0 Å². The third kappa shape index (κ3) is 3.90. The molecule has 0 aliphatic heterocycles. The molecule has 1 aromatic carbocycles. The van der Waals surface area contributed by atoms with E-state index in [4.69, 9.17) is 0 Å². The van der Waals surface area contributed by atoms with Crippen LogP contribution in [0, 0.1) is 12.7 Å². The maximum absolute atomic E-state index is 12.8. The number of benzene rings is 1. The van der Waals surface area contributed by atoms with Gasteiger partial charge >= 0.3 is 0 Å². The normalized spacial score (nSPS) is 11.5. The van der Waals surface area contributed by atoms with Gasteiger partial charge in [0.05, 0.1) is 4.90 Å². The van der Waals surface area contributed by atoms with Gasteiger partial charge in [-0.25, -0.2) is 17.5 Å². The van der Waals surface area contributed by atoms with Gasteiger partial charge in [-0.1, -0.05) is 0 Å². The van der Waals surface area contributed by atoms with Crippen molar-refractivity contribution in [3.05, 3.63) is 29.6 Å². The first-order valence-corrected chi connectivity index (χ1v) is 6.56. The Bertz CT molecular complexity index is 526. The van der Waals surface area contributed by atoms with Crippen LogP contribution in [0.25, 0.3) is 0 Å². The zero-order valence-corrected chi connectivity index (χ0v) is 10.5. The largest absolute Gasteiger partial charge is 0.300 e. The van der Waals surface area contributed by atoms with E-state index in [0.29, 0.717) is 5.56 Å². The molecule has 0 aliphatic carbocycles. The number of hydrogen-bond donors (Lipinski definition) is 1. The molecule has 0 spiro atoms. The average Bonchev–Trinajstić information content (AvgIpc) is 2.15. The van der Waals surface area contributed by atoms with Gasteiger partial charge in [0.25, 0.3) is 0 Å². The van der Waals surface area contributed by atoms with Crippen molar-refractivity contribution in [1.82, 2.24) is 4.72 Å². The molecule has 0 heterocycles. The summed E-state index contributed by atoms with van der Waals surface area (Å²) in [7, 11) is -3.67. The Morgan fingerprint density at radius 3 is 2.59 bits per heavy atom. The third-order valence-corrected chi connectivity index (χ3v) is 3.82. The van der Waals surface area contributed by atoms with E-state index in [2.05, 4.69) is 4.72 Å². The molecule has 1 rings (SSSR count). The summed E-state index contributed by atoms with van der Waals surface area (Å²) < 4.78 is 38.7. The number of carbonyl (C=O) groups excluding carboxylic acids is 1. The fourth-order valence-electron chi connectivity index (χ4n) is 1.35. The number of nitrogens with one attached hydrogen (secondary N) is 1. The number of Topliss-reactive ketones (excluding diaryl/α,β-unsaturated/α-hetero) is 1. The first kappa shape index (κ1) is 13.8. The molecule has 0 saturated carbocycles. The van der Waals surface area contributed by atoms with Crippen LogP contribution in [0.4, 0.5) is 4.39 Å². The van der Waals surface area contributed by atoms with Crippen LogP contribution in [0.1, 0.15) is 18.9 Å². The van der Waals surface area contributed by atoms with Gasteiger partial charge in [-0.05, 0) is 37.6 Å². The van der Waals surface area contributed by atoms with E-state index in [0.717, 1.165) is 12.1 Å². The molecule has 0 atom stereocenters. The van der Waals surface area contributed by atoms with Crippen LogP contribution < -0.4 is 4.72 Å². The molecule has 0 radical (unpaired) electrons. The number of ketones is 1. The predicted molar refractivity (Wildman–Crippen MR) is 61.6 cm³/mol. The van der Waals surface area contributed by atoms with Gasteiger partial charge in [-0.3, -0.25) is 4.79 Å². The molecule has 0 unspecified atom stereocenters. The maximum Gasteiger partial charge on any atom is 0.240 e. The van der Waals surface area contributed by atoms with Crippen LogP contribution in [0.2, 0.25) is 0 Å². The Hall–Kier alpha value is -1.27. The highest BCUT2D eigenvalue weighted by Crippen LogP contribution is 2.15. The minimum absolute atomic E-state index is 0.0300. The lowest BCUT2D eigenvalue weighted by Crippen LogP contribution is -2.26. The number of hydrogen-bond acceptors (Lipinski definition) is 3. The molecule has 4 nitrogen and oxygen atoms in total. The Balaban J connectivity index is 2.86. The van der Waals surface area contributed by atoms with Gasteiger partial charge in [-0.15, -0.1) is 0 Å². The molecule has 0 aliphatic rings. The summed E-state index contributed by atoms with van der Waals surface area (Å²) in [6, 6.07) is 3.45. The average molecular weight is 259 g/mol. The standard InChI is InChI=1S/C11H14FNO3S/c1-8-7-10(12)3-4-11(8)17(15,16)13-6-5-9(2)14/h3-4,7,13H,5-6H2,1-2H3. The van der Waals surface area contributed by atoms with Crippen LogP contribution in [0.3, 0.4) is 0 Å². The molecule has 1 N–H and O–H groups in total. The summed E-state index contributed by atoms with van der Waals surface area (Å²) in [5, 5.41) is 0. The second-order valence-corrected chi connectivity index (χ2v) is 5.49. The summed E-state index contributed by atoms with van der Waals surface area (Å²) >= 11 is 0. The highest BCUT2D eigenvalue weighted by molar-refractivity contribution is 7.89. The van der Waals surface area contributed by atoms with Crippen LogP contribution >= 0.6 is 0 Å². The monoisotopic (exact) mass is 259 g/mol. The molecule has 6 heteroatoms. The van der Waals surface area contributed by atoms with E-state index in [9.17, 15) is 17.6 Å². The van der Waals surface area contributed by atoms with Gasteiger partial charge in [0, 0.05) is 13.0 Å². The molecule has 0 bridgehead atoms. The Kier molecular flexibility index (Phi) is 4.36. The highest BCUT2D eigenvalue weighted by Gasteiger charge is 2.16. The number of carbonyl (C=O) groups is 1. The van der Waals surface area contributed by atoms with Crippen LogP contribution in [0.5, 0.6) is 0 Å². The van der Waals surface area contributed by atoms with Crippen molar-refractivity contribution in [3.8, 4) is 0 Å². The molecule has 1 aromatic rings. The Morgan fingerprint density at radius 2 is 2.06 bits per heavy atom. The lowest BCUT2D eigenvalue weighted by atomic mass is 10.2. The molecule has 0 amide bonds. The molecule has 94 valence electrons. The maximum atomic E-state index is 12.8. The fourth-order valence-corrected chi connectivity index (χ4v) is 2.61. The van der Waals surface area contributed by atoms with Gasteiger partial charge in [0.2, 0.25) is 10.0 Å².